The van der Waals surface area contributed by atoms with Crippen molar-refractivity contribution in [2.75, 3.05) is 0 Å². The maximum atomic E-state index is 10.4. The Morgan fingerprint density at radius 3 is 2.75 bits per heavy atom. The van der Waals surface area contributed by atoms with Crippen molar-refractivity contribution in [1.82, 2.24) is 4.98 Å². The van der Waals surface area contributed by atoms with E-state index in [0.717, 1.165) is 0 Å². The van der Waals surface area contributed by atoms with Crippen molar-refractivity contribution in [1.29, 1.82) is 0 Å². The summed E-state index contributed by atoms with van der Waals surface area (Å²) in [6, 6.07) is 3.45. The minimum absolute atomic E-state index is 0.597. The molecule has 0 aromatic carbocycles. The zero-order chi connectivity index (χ0) is 5.98. The molecule has 8 heavy (non-hydrogen) atoms. The van der Waals surface area contributed by atoms with E-state index in [4.69, 9.17) is 5.50 Å². The lowest BCUT2D eigenvalue weighted by Gasteiger charge is -1.66. The second-order valence-corrected chi connectivity index (χ2v) is 2.51. The van der Waals surface area contributed by atoms with Crippen LogP contribution >= 0.6 is 7.95 Å². The lowest BCUT2D eigenvalue weighted by atomic mass is 10.7. The van der Waals surface area contributed by atoms with Crippen molar-refractivity contribution in [2.45, 2.75) is 0 Å². The first kappa shape index (κ1) is 5.48. The third kappa shape index (κ3) is 0.941. The number of hydrogen-bond acceptors (Lipinski definition) is 1. The Kier molecular flexibility index (Phi) is 1.42. The second-order valence-electron chi connectivity index (χ2n) is 1.38. The number of H-pyrrole nitrogens is 1. The monoisotopic (exact) mass is 129 g/mol. The Labute approximate surface area is 47.7 Å². The summed E-state index contributed by atoms with van der Waals surface area (Å²) < 4.78 is 10.4. The Bertz CT molecular complexity index is 182. The van der Waals surface area contributed by atoms with Crippen molar-refractivity contribution in [3.63, 3.8) is 0 Å². The topological polar surface area (TPSA) is 58.9 Å². The van der Waals surface area contributed by atoms with Crippen molar-refractivity contribution in [3.8, 4) is 0 Å². The van der Waals surface area contributed by atoms with Crippen molar-refractivity contribution < 1.29 is 4.57 Å². The van der Waals surface area contributed by atoms with Gasteiger partial charge >= 0.3 is 7.95 Å². The van der Waals surface area contributed by atoms with Gasteiger partial charge in [0.25, 0.3) is 5.44 Å². The first-order valence-electron chi connectivity index (χ1n) is 2.16. The number of aromatic amines is 1. The van der Waals surface area contributed by atoms with E-state index >= 15 is 0 Å². The Morgan fingerprint density at radius 2 is 2.50 bits per heavy atom. The van der Waals surface area contributed by atoms with Crippen molar-refractivity contribution in [3.05, 3.63) is 18.3 Å². The molecule has 0 amide bonds. The summed E-state index contributed by atoms with van der Waals surface area (Å²) in [5.74, 6) is 0. The van der Waals surface area contributed by atoms with Crippen LogP contribution in [-0.2, 0) is 4.57 Å². The highest BCUT2D eigenvalue weighted by Crippen LogP contribution is 2.03. The number of rotatable bonds is 1. The molecular formula is C4H6N2OP+. The minimum Gasteiger partial charge on any atom is -0.323 e. The number of nitrogens with two attached hydrogens (primary N) is 1. The average molecular weight is 129 g/mol. The van der Waals surface area contributed by atoms with Gasteiger partial charge in [-0.3, -0.25) is 0 Å². The van der Waals surface area contributed by atoms with E-state index in [1.165, 1.54) is 0 Å². The molecule has 1 atom stereocenters. The van der Waals surface area contributed by atoms with Crippen LogP contribution in [0.2, 0.25) is 0 Å². The van der Waals surface area contributed by atoms with Crippen LogP contribution in [0.5, 0.6) is 0 Å². The predicted octanol–water partition coefficient (Wildman–Crippen LogP) is 0.341. The molecule has 0 saturated heterocycles. The summed E-state index contributed by atoms with van der Waals surface area (Å²) >= 11 is 0. The first-order valence-corrected chi connectivity index (χ1v) is 3.49. The van der Waals surface area contributed by atoms with Crippen molar-refractivity contribution in [2.24, 2.45) is 5.50 Å². The summed E-state index contributed by atoms with van der Waals surface area (Å²) in [5, 5.41) is 0. The third-order valence-corrected chi connectivity index (χ3v) is 1.57. The van der Waals surface area contributed by atoms with Gasteiger partial charge in [0.2, 0.25) is 0 Å². The van der Waals surface area contributed by atoms with Gasteiger partial charge in [0.15, 0.2) is 0 Å². The predicted molar refractivity (Wildman–Crippen MR) is 32.2 cm³/mol. The molecule has 1 aromatic heterocycles. The molecule has 1 unspecified atom stereocenters. The molecule has 0 aliphatic rings. The van der Waals surface area contributed by atoms with Gasteiger partial charge in [-0.15, -0.1) is 5.50 Å². The van der Waals surface area contributed by atoms with Gasteiger partial charge in [-0.25, -0.2) is 0 Å². The fourth-order valence-corrected chi connectivity index (χ4v) is 0.893. The minimum atomic E-state index is -1.66. The lowest BCUT2D eigenvalue weighted by molar-refractivity contribution is 0.593. The number of hydrogen-bond donors (Lipinski definition) is 2. The molecule has 1 aromatic rings. The van der Waals surface area contributed by atoms with E-state index in [0.29, 0.717) is 5.44 Å². The Balaban J connectivity index is 2.93. The highest BCUT2D eigenvalue weighted by molar-refractivity contribution is 7.50. The number of aromatic nitrogens is 1. The molecule has 4 heteroatoms. The van der Waals surface area contributed by atoms with Crippen LogP contribution in [0.4, 0.5) is 0 Å². The molecule has 1 heterocycles. The van der Waals surface area contributed by atoms with Crippen LogP contribution in [0.1, 0.15) is 0 Å². The molecule has 0 aliphatic carbocycles. The first-order chi connectivity index (χ1) is 3.80. The van der Waals surface area contributed by atoms with Gasteiger partial charge in [-0.2, -0.15) is 0 Å². The summed E-state index contributed by atoms with van der Waals surface area (Å²) in [5.41, 5.74) is 5.63. The fourth-order valence-electron chi connectivity index (χ4n) is 0.458. The molecule has 0 aliphatic heterocycles. The van der Waals surface area contributed by atoms with E-state index in [-0.39, 0.29) is 0 Å². The summed E-state index contributed by atoms with van der Waals surface area (Å²) in [6.45, 7) is 0. The van der Waals surface area contributed by atoms with Crippen LogP contribution in [0, 0.1) is 0 Å². The molecule has 0 radical (unpaired) electrons. The van der Waals surface area contributed by atoms with E-state index in [2.05, 4.69) is 4.98 Å². The van der Waals surface area contributed by atoms with Gasteiger partial charge in [-0.1, -0.05) is 0 Å². The molecule has 3 nitrogen and oxygen atoms in total. The maximum Gasteiger partial charge on any atom is 0.487 e. The average Bonchev–Trinajstić information content (AvgIpc) is 2.12. The van der Waals surface area contributed by atoms with Crippen LogP contribution in [0.15, 0.2) is 18.3 Å². The third-order valence-electron chi connectivity index (χ3n) is 0.819. The van der Waals surface area contributed by atoms with Gasteiger partial charge in [0.05, 0.1) is 0 Å². The second kappa shape index (κ2) is 2.07. The quantitative estimate of drug-likeness (QED) is 0.537. The lowest BCUT2D eigenvalue weighted by Crippen LogP contribution is -1.99. The fraction of sp³-hybridized carbons (Fsp3) is 0. The zero-order valence-electron chi connectivity index (χ0n) is 4.16. The molecule has 0 spiro atoms. The van der Waals surface area contributed by atoms with E-state index in [9.17, 15) is 4.57 Å². The largest absolute Gasteiger partial charge is 0.487 e. The summed E-state index contributed by atoms with van der Waals surface area (Å²) in [7, 11) is -1.66. The van der Waals surface area contributed by atoms with Crippen LogP contribution in [-0.4, -0.2) is 4.98 Å². The van der Waals surface area contributed by atoms with Gasteiger partial charge < -0.3 is 4.98 Å². The molecule has 42 valence electrons. The molecular weight excluding hydrogens is 123 g/mol. The SMILES string of the molecule is N[P+](=O)c1ccc[nH]1. The summed E-state index contributed by atoms with van der Waals surface area (Å²) in [6.07, 6.45) is 1.69. The molecule has 0 bridgehead atoms. The summed E-state index contributed by atoms with van der Waals surface area (Å²) in [4.78, 5) is 2.73. The molecule has 1 rings (SSSR count). The molecule has 0 fully saturated rings. The van der Waals surface area contributed by atoms with E-state index in [1.807, 2.05) is 0 Å². The number of nitrogens with one attached hydrogen (secondary N) is 1. The molecule has 0 saturated carbocycles. The van der Waals surface area contributed by atoms with E-state index < -0.39 is 7.95 Å². The standard InChI is InChI=1S/C4H6N2OP/c5-8(7)4-2-1-3-6-4/h1-3,6H,(H2,5,7)/q+1. The Morgan fingerprint density at radius 1 is 1.75 bits per heavy atom. The van der Waals surface area contributed by atoms with Crippen LogP contribution in [0.25, 0.3) is 0 Å². The van der Waals surface area contributed by atoms with Crippen LogP contribution < -0.4 is 10.9 Å². The van der Waals surface area contributed by atoms with Gasteiger partial charge in [0, 0.05) is 12.3 Å². The highest BCUT2D eigenvalue weighted by atomic mass is 31.1. The normalized spacial score (nSPS) is 11.4. The van der Waals surface area contributed by atoms with Gasteiger partial charge in [0.1, 0.15) is 0 Å². The maximum absolute atomic E-state index is 10.4. The van der Waals surface area contributed by atoms with Crippen molar-refractivity contribution >= 4 is 13.4 Å². The van der Waals surface area contributed by atoms with Gasteiger partial charge in [-0.05, 0) is 10.6 Å². The molecule has 3 N–H and O–H groups in total. The van der Waals surface area contributed by atoms with Crippen LogP contribution in [0.3, 0.4) is 0 Å². The smallest absolute Gasteiger partial charge is 0.323 e. The Hall–Kier alpha value is -0.660. The highest BCUT2D eigenvalue weighted by Gasteiger charge is 2.11. The zero-order valence-corrected chi connectivity index (χ0v) is 5.06. The van der Waals surface area contributed by atoms with E-state index in [1.54, 1.807) is 18.3 Å².